The maximum atomic E-state index is 5.55. The van der Waals surface area contributed by atoms with Crippen LogP contribution in [0, 0.1) is 0 Å². The molecule has 0 aliphatic carbocycles. The maximum Gasteiger partial charge on any atom is 0.137 e. The molecule has 5 heteroatoms. The Balaban J connectivity index is 1.89. The van der Waals surface area contributed by atoms with Crippen LogP contribution in [0.25, 0.3) is 0 Å². The van der Waals surface area contributed by atoms with E-state index in [1.807, 2.05) is 6.07 Å². The third-order valence-electron chi connectivity index (χ3n) is 2.17. The average molecular weight is 198 g/mol. The normalized spacial score (nSPS) is 19.1. The van der Waals surface area contributed by atoms with Gasteiger partial charge in [-0.3, -0.25) is 4.90 Å². The van der Waals surface area contributed by atoms with Crippen LogP contribution in [-0.4, -0.2) is 35.5 Å². The van der Waals surface area contributed by atoms with E-state index in [1.54, 1.807) is 0 Å². The second kappa shape index (κ2) is 4.04. The molecular formula is C8H14N4S. The van der Waals surface area contributed by atoms with Gasteiger partial charge in [0.25, 0.3) is 0 Å². The highest BCUT2D eigenvalue weighted by Crippen LogP contribution is 2.13. The van der Waals surface area contributed by atoms with Crippen molar-refractivity contribution < 1.29 is 0 Å². The third-order valence-corrected chi connectivity index (χ3v) is 2.95. The fraction of sp³-hybridized carbons (Fsp3) is 0.625. The molecule has 0 saturated carbocycles. The SMILES string of the molecule is Nc1cc(CN2CCNCC2)sn1. The number of piperazine rings is 1. The van der Waals surface area contributed by atoms with Crippen molar-refractivity contribution >= 4 is 17.4 Å². The Hall–Kier alpha value is -0.650. The van der Waals surface area contributed by atoms with Gasteiger partial charge in [-0.1, -0.05) is 0 Å². The Bertz CT molecular complexity index is 267. The topological polar surface area (TPSA) is 54.2 Å². The highest BCUT2D eigenvalue weighted by molar-refractivity contribution is 7.06. The van der Waals surface area contributed by atoms with Crippen LogP contribution >= 0.6 is 11.5 Å². The third kappa shape index (κ3) is 2.40. The van der Waals surface area contributed by atoms with Gasteiger partial charge >= 0.3 is 0 Å². The minimum absolute atomic E-state index is 0.648. The van der Waals surface area contributed by atoms with Crippen molar-refractivity contribution in [2.75, 3.05) is 31.9 Å². The van der Waals surface area contributed by atoms with Gasteiger partial charge in [-0.15, -0.1) is 0 Å². The summed E-state index contributed by atoms with van der Waals surface area (Å²) in [7, 11) is 0. The van der Waals surface area contributed by atoms with E-state index in [4.69, 9.17) is 5.73 Å². The van der Waals surface area contributed by atoms with Crippen molar-refractivity contribution in [3.05, 3.63) is 10.9 Å². The Kier molecular flexibility index (Phi) is 2.77. The molecule has 1 aromatic rings. The van der Waals surface area contributed by atoms with E-state index in [1.165, 1.54) is 16.4 Å². The van der Waals surface area contributed by atoms with Crippen molar-refractivity contribution in [3.63, 3.8) is 0 Å². The lowest BCUT2D eigenvalue weighted by molar-refractivity contribution is 0.235. The molecule has 0 amide bonds. The molecule has 0 bridgehead atoms. The molecule has 1 saturated heterocycles. The maximum absolute atomic E-state index is 5.55. The molecule has 1 aromatic heterocycles. The molecule has 0 spiro atoms. The monoisotopic (exact) mass is 198 g/mol. The lowest BCUT2D eigenvalue weighted by Gasteiger charge is -2.26. The molecule has 0 atom stereocenters. The number of nitrogen functional groups attached to an aromatic ring is 1. The van der Waals surface area contributed by atoms with Gasteiger partial charge < -0.3 is 11.1 Å². The first-order valence-electron chi connectivity index (χ1n) is 4.49. The standard InChI is InChI=1S/C8H14N4S/c9-8-5-7(13-11-8)6-12-3-1-10-2-4-12/h5,10H,1-4,6H2,(H2,9,11). The zero-order valence-electron chi connectivity index (χ0n) is 7.49. The Morgan fingerprint density at radius 1 is 1.54 bits per heavy atom. The van der Waals surface area contributed by atoms with Crippen LogP contribution in [0.3, 0.4) is 0 Å². The number of aromatic nitrogens is 1. The summed E-state index contributed by atoms with van der Waals surface area (Å²) in [5, 5.41) is 3.33. The molecule has 0 aromatic carbocycles. The molecule has 3 N–H and O–H groups in total. The summed E-state index contributed by atoms with van der Waals surface area (Å²) < 4.78 is 4.06. The van der Waals surface area contributed by atoms with Gasteiger partial charge in [-0.25, -0.2) is 0 Å². The molecular weight excluding hydrogens is 184 g/mol. The van der Waals surface area contributed by atoms with Crippen LogP contribution in [0.5, 0.6) is 0 Å². The molecule has 2 heterocycles. The number of anilines is 1. The van der Waals surface area contributed by atoms with Crippen LogP contribution in [0.2, 0.25) is 0 Å². The number of hydrogen-bond acceptors (Lipinski definition) is 5. The smallest absolute Gasteiger partial charge is 0.137 e. The predicted molar refractivity (Wildman–Crippen MR) is 54.7 cm³/mol. The highest BCUT2D eigenvalue weighted by atomic mass is 32.1. The first kappa shape index (κ1) is 8.93. The quantitative estimate of drug-likeness (QED) is 0.709. The molecule has 1 aliphatic heterocycles. The first-order chi connectivity index (χ1) is 6.34. The van der Waals surface area contributed by atoms with E-state index >= 15 is 0 Å². The van der Waals surface area contributed by atoms with Gasteiger partial charge in [0.1, 0.15) is 5.82 Å². The molecule has 1 aliphatic rings. The summed E-state index contributed by atoms with van der Waals surface area (Å²) in [6.07, 6.45) is 0. The molecule has 72 valence electrons. The summed E-state index contributed by atoms with van der Waals surface area (Å²) >= 11 is 1.51. The number of nitrogens with zero attached hydrogens (tertiary/aromatic N) is 2. The van der Waals surface area contributed by atoms with Gasteiger partial charge in [-0.2, -0.15) is 4.37 Å². The molecule has 13 heavy (non-hydrogen) atoms. The van der Waals surface area contributed by atoms with Gasteiger partial charge in [0.2, 0.25) is 0 Å². The van der Waals surface area contributed by atoms with Crippen molar-refractivity contribution in [3.8, 4) is 0 Å². The van der Waals surface area contributed by atoms with E-state index in [2.05, 4.69) is 14.6 Å². The van der Waals surface area contributed by atoms with Gasteiger partial charge in [0.05, 0.1) is 0 Å². The lowest BCUT2D eigenvalue weighted by Crippen LogP contribution is -2.42. The largest absolute Gasteiger partial charge is 0.383 e. The Morgan fingerprint density at radius 3 is 2.92 bits per heavy atom. The molecule has 0 unspecified atom stereocenters. The van der Waals surface area contributed by atoms with Crippen LogP contribution in [-0.2, 0) is 6.54 Å². The van der Waals surface area contributed by atoms with E-state index in [0.29, 0.717) is 5.82 Å². The summed E-state index contributed by atoms with van der Waals surface area (Å²) in [5.41, 5.74) is 5.55. The van der Waals surface area contributed by atoms with Crippen LogP contribution in [0.1, 0.15) is 4.88 Å². The molecule has 2 rings (SSSR count). The summed E-state index contributed by atoms with van der Waals surface area (Å²) in [4.78, 5) is 3.68. The fourth-order valence-corrected chi connectivity index (χ4v) is 2.18. The second-order valence-electron chi connectivity index (χ2n) is 3.24. The lowest BCUT2D eigenvalue weighted by atomic mass is 10.3. The van der Waals surface area contributed by atoms with E-state index in [0.717, 1.165) is 32.7 Å². The molecule has 4 nitrogen and oxygen atoms in total. The Labute approximate surface area is 81.9 Å². The Morgan fingerprint density at radius 2 is 2.31 bits per heavy atom. The number of hydrogen-bond donors (Lipinski definition) is 2. The van der Waals surface area contributed by atoms with Gasteiger partial charge in [0, 0.05) is 37.6 Å². The summed E-state index contributed by atoms with van der Waals surface area (Å²) in [5.74, 6) is 0.648. The highest BCUT2D eigenvalue weighted by Gasteiger charge is 2.10. The van der Waals surface area contributed by atoms with E-state index < -0.39 is 0 Å². The number of nitrogens with one attached hydrogen (secondary N) is 1. The van der Waals surface area contributed by atoms with Crippen molar-refractivity contribution in [2.24, 2.45) is 0 Å². The van der Waals surface area contributed by atoms with Crippen molar-refractivity contribution in [1.82, 2.24) is 14.6 Å². The van der Waals surface area contributed by atoms with E-state index in [-0.39, 0.29) is 0 Å². The predicted octanol–water partition coefficient (Wildman–Crippen LogP) is 0.130. The zero-order chi connectivity index (χ0) is 9.10. The van der Waals surface area contributed by atoms with Gasteiger partial charge in [0.15, 0.2) is 0 Å². The van der Waals surface area contributed by atoms with Crippen LogP contribution in [0.15, 0.2) is 6.07 Å². The average Bonchev–Trinajstić information content (AvgIpc) is 2.53. The zero-order valence-corrected chi connectivity index (χ0v) is 8.31. The minimum Gasteiger partial charge on any atom is -0.383 e. The number of nitrogens with two attached hydrogens (primary N) is 1. The van der Waals surface area contributed by atoms with Crippen LogP contribution < -0.4 is 11.1 Å². The number of rotatable bonds is 2. The first-order valence-corrected chi connectivity index (χ1v) is 5.26. The minimum atomic E-state index is 0.648. The second-order valence-corrected chi connectivity index (χ2v) is 4.13. The van der Waals surface area contributed by atoms with Gasteiger partial charge in [-0.05, 0) is 17.6 Å². The van der Waals surface area contributed by atoms with Crippen molar-refractivity contribution in [1.29, 1.82) is 0 Å². The fourth-order valence-electron chi connectivity index (χ4n) is 1.49. The summed E-state index contributed by atoms with van der Waals surface area (Å²) in [6, 6.07) is 1.96. The van der Waals surface area contributed by atoms with Crippen molar-refractivity contribution in [2.45, 2.75) is 6.54 Å². The molecule has 0 radical (unpaired) electrons. The van der Waals surface area contributed by atoms with Crippen LogP contribution in [0.4, 0.5) is 5.82 Å². The summed E-state index contributed by atoms with van der Waals surface area (Å²) in [6.45, 7) is 5.43. The van der Waals surface area contributed by atoms with E-state index in [9.17, 15) is 0 Å². The molecule has 1 fully saturated rings.